The van der Waals surface area contributed by atoms with Crippen molar-refractivity contribution in [2.24, 2.45) is 0 Å². The van der Waals surface area contributed by atoms with Gasteiger partial charge >= 0.3 is 0 Å². The largest absolute Gasteiger partial charge is 0.491 e. The summed E-state index contributed by atoms with van der Waals surface area (Å²) in [6.07, 6.45) is 3.79. The molecular formula is C25H27NO2. The fraction of sp³-hybridized carbons (Fsp3) is 0.240. The summed E-state index contributed by atoms with van der Waals surface area (Å²) in [6, 6.07) is 25.8. The second kappa shape index (κ2) is 10.3. The highest BCUT2D eigenvalue weighted by Gasteiger charge is 2.13. The number of rotatable bonds is 9. The van der Waals surface area contributed by atoms with Crippen molar-refractivity contribution in [3.8, 4) is 5.75 Å². The van der Waals surface area contributed by atoms with Gasteiger partial charge in [-0.25, -0.2) is 0 Å². The molecule has 0 radical (unpaired) electrons. The van der Waals surface area contributed by atoms with Crippen LogP contribution in [0.4, 0.5) is 5.69 Å². The average Bonchev–Trinajstić information content (AvgIpc) is 2.74. The Morgan fingerprint density at radius 3 is 2.39 bits per heavy atom. The predicted molar refractivity (Wildman–Crippen MR) is 115 cm³/mol. The number of ether oxygens (including phenoxy) is 1. The topological polar surface area (TPSA) is 38.3 Å². The fourth-order valence-electron chi connectivity index (χ4n) is 3.10. The molecular weight excluding hydrogens is 346 g/mol. The Bertz CT molecular complexity index is 890. The zero-order valence-corrected chi connectivity index (χ0v) is 16.4. The molecule has 144 valence electrons. The molecule has 0 aliphatic heterocycles. The van der Waals surface area contributed by atoms with E-state index < -0.39 is 0 Å². The van der Waals surface area contributed by atoms with Gasteiger partial charge in [0.05, 0.1) is 12.3 Å². The van der Waals surface area contributed by atoms with E-state index in [0.29, 0.717) is 23.6 Å². The molecule has 3 aromatic rings. The smallest absolute Gasteiger partial charge is 0.256 e. The monoisotopic (exact) mass is 373 g/mol. The van der Waals surface area contributed by atoms with Crippen LogP contribution in [0.25, 0.3) is 0 Å². The minimum absolute atomic E-state index is 0.102. The molecule has 0 fully saturated rings. The quantitative estimate of drug-likeness (QED) is 0.474. The molecule has 0 unspecified atom stereocenters. The van der Waals surface area contributed by atoms with E-state index in [1.807, 2.05) is 66.7 Å². The molecule has 0 saturated heterocycles. The number of amides is 1. The van der Waals surface area contributed by atoms with E-state index in [2.05, 4.69) is 24.4 Å². The molecule has 0 aromatic heterocycles. The maximum absolute atomic E-state index is 13.0. The van der Waals surface area contributed by atoms with Crippen LogP contribution in [0.1, 0.15) is 41.3 Å². The molecule has 0 bridgehead atoms. The molecule has 0 atom stereocenters. The SMILES string of the molecule is CCCCOc1ccccc1NC(=O)c1ccccc1CCc1ccccc1. The van der Waals surface area contributed by atoms with Gasteiger partial charge in [-0.05, 0) is 48.6 Å². The second-order valence-electron chi connectivity index (χ2n) is 6.80. The maximum atomic E-state index is 13.0. The van der Waals surface area contributed by atoms with Gasteiger partial charge in [-0.3, -0.25) is 4.79 Å². The zero-order chi connectivity index (χ0) is 19.6. The van der Waals surface area contributed by atoms with Gasteiger partial charge in [-0.1, -0.05) is 74.0 Å². The fourth-order valence-corrected chi connectivity index (χ4v) is 3.10. The lowest BCUT2D eigenvalue weighted by Crippen LogP contribution is -2.15. The Morgan fingerprint density at radius 1 is 0.857 bits per heavy atom. The van der Waals surface area contributed by atoms with Crippen molar-refractivity contribution in [3.63, 3.8) is 0 Å². The van der Waals surface area contributed by atoms with E-state index in [1.165, 1.54) is 5.56 Å². The molecule has 3 heteroatoms. The summed E-state index contributed by atoms with van der Waals surface area (Å²) in [6.45, 7) is 2.78. The van der Waals surface area contributed by atoms with Crippen molar-refractivity contribution >= 4 is 11.6 Å². The maximum Gasteiger partial charge on any atom is 0.256 e. The third-order valence-electron chi connectivity index (χ3n) is 4.68. The Hall–Kier alpha value is -3.07. The normalized spacial score (nSPS) is 10.5. The molecule has 1 N–H and O–H groups in total. The van der Waals surface area contributed by atoms with E-state index in [0.717, 1.165) is 31.2 Å². The van der Waals surface area contributed by atoms with Crippen molar-refractivity contribution in [2.75, 3.05) is 11.9 Å². The third-order valence-corrected chi connectivity index (χ3v) is 4.68. The molecule has 0 aliphatic rings. The van der Waals surface area contributed by atoms with Gasteiger partial charge < -0.3 is 10.1 Å². The molecule has 0 aliphatic carbocycles. The number of nitrogens with one attached hydrogen (secondary N) is 1. The molecule has 3 rings (SSSR count). The summed E-state index contributed by atoms with van der Waals surface area (Å²) in [5.41, 5.74) is 3.74. The van der Waals surface area contributed by atoms with Crippen LogP contribution < -0.4 is 10.1 Å². The van der Waals surface area contributed by atoms with E-state index >= 15 is 0 Å². The number of benzene rings is 3. The lowest BCUT2D eigenvalue weighted by Gasteiger charge is -2.14. The number of aryl methyl sites for hydroxylation is 2. The van der Waals surface area contributed by atoms with E-state index in [-0.39, 0.29) is 5.91 Å². The number of carbonyl (C=O) groups is 1. The van der Waals surface area contributed by atoms with Crippen molar-refractivity contribution in [2.45, 2.75) is 32.6 Å². The van der Waals surface area contributed by atoms with Crippen LogP contribution in [0.15, 0.2) is 78.9 Å². The number of hydrogen-bond donors (Lipinski definition) is 1. The van der Waals surface area contributed by atoms with Gasteiger partial charge in [0.1, 0.15) is 5.75 Å². The lowest BCUT2D eigenvalue weighted by atomic mass is 9.99. The van der Waals surface area contributed by atoms with Crippen LogP contribution >= 0.6 is 0 Å². The minimum atomic E-state index is -0.102. The second-order valence-corrected chi connectivity index (χ2v) is 6.80. The number of carbonyl (C=O) groups excluding carboxylic acids is 1. The summed E-state index contributed by atoms with van der Waals surface area (Å²) in [5.74, 6) is 0.612. The summed E-state index contributed by atoms with van der Waals surface area (Å²) >= 11 is 0. The van der Waals surface area contributed by atoms with E-state index in [9.17, 15) is 4.79 Å². The van der Waals surface area contributed by atoms with Crippen LogP contribution in [0.2, 0.25) is 0 Å². The Kier molecular flexibility index (Phi) is 7.25. The highest BCUT2D eigenvalue weighted by Crippen LogP contribution is 2.25. The summed E-state index contributed by atoms with van der Waals surface area (Å²) in [7, 11) is 0. The highest BCUT2D eigenvalue weighted by molar-refractivity contribution is 6.06. The van der Waals surface area contributed by atoms with Crippen LogP contribution in [0, 0.1) is 0 Å². The zero-order valence-electron chi connectivity index (χ0n) is 16.4. The van der Waals surface area contributed by atoms with Crippen LogP contribution in [-0.4, -0.2) is 12.5 Å². The van der Waals surface area contributed by atoms with Crippen molar-refractivity contribution in [1.82, 2.24) is 0 Å². The Morgan fingerprint density at radius 2 is 1.57 bits per heavy atom. The van der Waals surface area contributed by atoms with Gasteiger partial charge in [0.2, 0.25) is 0 Å². The van der Waals surface area contributed by atoms with Crippen molar-refractivity contribution in [3.05, 3.63) is 95.6 Å². The minimum Gasteiger partial charge on any atom is -0.491 e. The number of unbranched alkanes of at least 4 members (excludes halogenated alkanes) is 1. The first kappa shape index (κ1) is 19.7. The van der Waals surface area contributed by atoms with Gasteiger partial charge in [-0.2, -0.15) is 0 Å². The molecule has 0 heterocycles. The van der Waals surface area contributed by atoms with Gasteiger partial charge in [0.15, 0.2) is 0 Å². The van der Waals surface area contributed by atoms with Gasteiger partial charge in [0.25, 0.3) is 5.91 Å². The molecule has 0 saturated carbocycles. The van der Waals surface area contributed by atoms with Crippen LogP contribution in [0.3, 0.4) is 0 Å². The molecule has 0 spiro atoms. The average molecular weight is 373 g/mol. The highest BCUT2D eigenvalue weighted by atomic mass is 16.5. The number of hydrogen-bond acceptors (Lipinski definition) is 2. The summed E-state index contributed by atoms with van der Waals surface area (Å²) < 4.78 is 5.84. The first-order chi connectivity index (χ1) is 13.8. The summed E-state index contributed by atoms with van der Waals surface area (Å²) in [4.78, 5) is 13.0. The van der Waals surface area contributed by atoms with Crippen LogP contribution in [-0.2, 0) is 12.8 Å². The summed E-state index contributed by atoms with van der Waals surface area (Å²) in [5, 5.41) is 3.03. The molecule has 28 heavy (non-hydrogen) atoms. The standard InChI is InChI=1S/C25H27NO2/c1-2-3-19-28-24-16-10-9-15-23(24)26-25(27)22-14-8-7-13-21(22)18-17-20-11-5-4-6-12-20/h4-16H,2-3,17-19H2,1H3,(H,26,27). The number of anilines is 1. The van der Waals surface area contributed by atoms with Gasteiger partial charge in [0, 0.05) is 5.56 Å². The molecule has 1 amide bonds. The third kappa shape index (κ3) is 5.46. The van der Waals surface area contributed by atoms with Gasteiger partial charge in [-0.15, -0.1) is 0 Å². The molecule has 3 nitrogen and oxygen atoms in total. The van der Waals surface area contributed by atoms with Crippen LogP contribution in [0.5, 0.6) is 5.75 Å². The van der Waals surface area contributed by atoms with E-state index in [4.69, 9.17) is 4.74 Å². The Balaban J connectivity index is 1.71. The first-order valence-electron chi connectivity index (χ1n) is 9.93. The first-order valence-corrected chi connectivity index (χ1v) is 9.93. The number of para-hydroxylation sites is 2. The van der Waals surface area contributed by atoms with E-state index in [1.54, 1.807) is 0 Å². The molecule has 3 aromatic carbocycles. The predicted octanol–water partition coefficient (Wildman–Crippen LogP) is 5.90. The Labute approximate surface area is 167 Å². The lowest BCUT2D eigenvalue weighted by molar-refractivity contribution is 0.102. The van der Waals surface area contributed by atoms with Crippen molar-refractivity contribution < 1.29 is 9.53 Å². The van der Waals surface area contributed by atoms with Crippen molar-refractivity contribution in [1.29, 1.82) is 0 Å².